The Morgan fingerprint density at radius 3 is 1.02 bits per heavy atom. The average molecular weight is 987 g/mol. The zero-order chi connectivity index (χ0) is 29.8. The molecule has 44 heavy (non-hydrogen) atoms. The summed E-state index contributed by atoms with van der Waals surface area (Å²) in [6, 6.07) is 0.572. The Balaban J connectivity index is -0.000000191. The fourth-order valence-corrected chi connectivity index (χ4v) is 4.79. The molecule has 2 fully saturated rings. The third-order valence-corrected chi connectivity index (χ3v) is 7.00. The van der Waals surface area contributed by atoms with Crippen molar-refractivity contribution in [2.75, 3.05) is 39.4 Å². The number of hydrogen-bond acceptors (Lipinski definition) is 6. The van der Waals surface area contributed by atoms with E-state index in [1.54, 1.807) is 0 Å². The molecule has 8 nitrogen and oxygen atoms in total. The topological polar surface area (TPSA) is 101 Å². The summed E-state index contributed by atoms with van der Waals surface area (Å²) >= 11 is 0. The number of rotatable bonds is 11. The molecule has 0 amide bonds. The Morgan fingerprint density at radius 2 is 0.795 bits per heavy atom. The van der Waals surface area contributed by atoms with E-state index in [0.29, 0.717) is 13.1 Å². The van der Waals surface area contributed by atoms with Crippen molar-refractivity contribution >= 4 is 0 Å². The van der Waals surface area contributed by atoms with Gasteiger partial charge in [0.2, 0.25) is 0 Å². The van der Waals surface area contributed by atoms with Crippen LogP contribution >= 0.6 is 0 Å². The molecule has 4 aliphatic rings. The second-order valence-corrected chi connectivity index (χ2v) is 10.3. The molecule has 0 aromatic rings. The normalized spacial score (nSPS) is 17.0. The molecule has 2 saturated carbocycles. The Hall–Kier alpha value is -0.103. The first-order valence-electron chi connectivity index (χ1n) is 16.3. The van der Waals surface area contributed by atoms with Gasteiger partial charge in [-0.3, -0.25) is 0 Å². The van der Waals surface area contributed by atoms with Gasteiger partial charge in [0.25, 0.3) is 0 Å². The molecule has 0 aromatic carbocycles. The number of aliphatic hydroxyl groups excluding tert-OH is 2. The molecule has 4 rings (SSSR count). The van der Waals surface area contributed by atoms with Crippen molar-refractivity contribution in [2.45, 2.75) is 130 Å². The first kappa shape index (κ1) is 53.4. The monoisotopic (exact) mass is 987 g/mol. The minimum atomic E-state index is 0. The minimum absolute atomic E-state index is 0. The molecule has 276 valence electrons. The van der Waals surface area contributed by atoms with E-state index in [1.165, 1.54) is 64.2 Å². The van der Waals surface area contributed by atoms with Gasteiger partial charge >= 0.3 is 42.1 Å². The maximum atomic E-state index is 8.88. The molecule has 10 heteroatoms. The van der Waals surface area contributed by atoms with Gasteiger partial charge in [-0.2, -0.15) is 13.3 Å². The Bertz CT molecular complexity index is 542. The molecular weight excluding hydrogens is 915 g/mol. The van der Waals surface area contributed by atoms with E-state index in [4.69, 9.17) is 21.7 Å². The maximum absolute atomic E-state index is 8.88. The van der Waals surface area contributed by atoms with Gasteiger partial charge in [-0.05, 0) is 50.7 Å². The number of unbranched alkanes of at least 4 members (excludes halogenated alkanes) is 3. The standard InChI is InChI=1S/C16H28N4O2.2C6H12N.2C2H6.2CH3.2Pt.2H/c21-13-11-19-9-7-17(15-19)5-3-1-2-4-6-18-8-10-20(16-18)12-14-22;2*7-6-4-2-1-3-5-6;2*1-2;;;;;;/h7-10,15-16,21-22H,1-6,11-14H2;2*6-7H,1-5H2;2*1-2H3;2*1H3;;;;/q-2;2*-1;;;2*-1;;;;. The predicted octanol–water partition coefficient (Wildman–Crippen LogP) is 8.10. The van der Waals surface area contributed by atoms with Crippen LogP contribution in [0.3, 0.4) is 0 Å². The molecular formula is C34H72N6O2Pt2-6. The third kappa shape index (κ3) is 29.3. The first-order valence-corrected chi connectivity index (χ1v) is 16.3. The molecule has 0 saturated heterocycles. The van der Waals surface area contributed by atoms with E-state index >= 15 is 0 Å². The van der Waals surface area contributed by atoms with E-state index in [2.05, 4.69) is 35.5 Å². The van der Waals surface area contributed by atoms with Gasteiger partial charge in [0.15, 0.2) is 0 Å². The summed E-state index contributed by atoms with van der Waals surface area (Å²) in [5.41, 5.74) is 14.5. The Morgan fingerprint density at radius 1 is 0.523 bits per heavy atom. The molecule has 2 aliphatic heterocycles. The summed E-state index contributed by atoms with van der Waals surface area (Å²) in [4.78, 5) is 8.38. The van der Waals surface area contributed by atoms with Crippen molar-refractivity contribution in [3.05, 3.63) is 64.5 Å². The van der Waals surface area contributed by atoms with Crippen LogP contribution in [0.2, 0.25) is 0 Å². The van der Waals surface area contributed by atoms with Crippen LogP contribution in [-0.2, 0) is 42.1 Å². The SMILES string of the molecule is CC.CC.OCCN1C=CN(CCCCCCN2C=CN(CCO)[CH-]2)[CH-]1.[CH3-].[CH3-].[NH-]C1CCCCC1.[NH-]C1CCCCC1.[PtH].[PtH]. The molecule has 0 atom stereocenters. The Labute approximate surface area is 303 Å². The van der Waals surface area contributed by atoms with E-state index in [1.807, 2.05) is 49.9 Å². The van der Waals surface area contributed by atoms with Crippen LogP contribution in [0.4, 0.5) is 0 Å². The van der Waals surface area contributed by atoms with E-state index in [-0.39, 0.29) is 82.3 Å². The van der Waals surface area contributed by atoms with Crippen LogP contribution in [-0.4, -0.2) is 81.3 Å². The molecule has 4 N–H and O–H groups in total. The summed E-state index contributed by atoms with van der Waals surface area (Å²) in [7, 11) is 0. The van der Waals surface area contributed by atoms with Crippen LogP contribution in [0.15, 0.2) is 24.8 Å². The van der Waals surface area contributed by atoms with Gasteiger partial charge in [0, 0.05) is 13.1 Å². The van der Waals surface area contributed by atoms with Gasteiger partial charge < -0.3 is 56.1 Å². The van der Waals surface area contributed by atoms with E-state index < -0.39 is 0 Å². The van der Waals surface area contributed by atoms with Crippen molar-refractivity contribution in [1.82, 2.24) is 19.6 Å². The van der Waals surface area contributed by atoms with E-state index in [0.717, 1.165) is 38.8 Å². The molecule has 0 spiro atoms. The zero-order valence-electron chi connectivity index (χ0n) is 29.1. The van der Waals surface area contributed by atoms with Crippen molar-refractivity contribution in [1.29, 1.82) is 0 Å². The Kier molecular flexibility index (Phi) is 47.4. The molecule has 0 unspecified atom stereocenters. The van der Waals surface area contributed by atoms with E-state index in [9.17, 15) is 0 Å². The van der Waals surface area contributed by atoms with Crippen molar-refractivity contribution in [3.63, 3.8) is 0 Å². The van der Waals surface area contributed by atoms with Gasteiger partial charge in [-0.25, -0.2) is 0 Å². The number of β-amino-alcohol motifs (C(OH)–C–C–N with tert-alkyl or cyclic N) is 2. The summed E-state index contributed by atoms with van der Waals surface area (Å²) in [5.74, 6) is 0. The quantitative estimate of drug-likeness (QED) is 0.161. The van der Waals surface area contributed by atoms with Crippen LogP contribution in [0, 0.1) is 28.2 Å². The zero-order valence-corrected chi connectivity index (χ0v) is 33.9. The van der Waals surface area contributed by atoms with Crippen LogP contribution in [0.25, 0.3) is 11.5 Å². The van der Waals surface area contributed by atoms with Crippen LogP contribution in [0.5, 0.6) is 0 Å². The summed E-state index contributed by atoms with van der Waals surface area (Å²) in [6.45, 7) is 15.9. The van der Waals surface area contributed by atoms with Crippen LogP contribution in [0.1, 0.15) is 118 Å². The number of hydrogen-bond donors (Lipinski definition) is 2. The number of aliphatic hydroxyl groups is 2. The number of nitrogens with zero attached hydrogens (tertiary/aromatic N) is 4. The second-order valence-electron chi connectivity index (χ2n) is 10.3. The first-order chi connectivity index (χ1) is 19.6. The van der Waals surface area contributed by atoms with Gasteiger partial charge in [-0.15, -0.1) is 12.1 Å². The molecule has 0 bridgehead atoms. The third-order valence-electron chi connectivity index (χ3n) is 7.00. The van der Waals surface area contributed by atoms with Gasteiger partial charge in [-0.1, -0.05) is 105 Å². The molecule has 0 aromatic heterocycles. The number of nitrogens with one attached hydrogen (secondary N) is 2. The van der Waals surface area contributed by atoms with Crippen molar-refractivity contribution in [3.8, 4) is 0 Å². The van der Waals surface area contributed by atoms with Crippen LogP contribution < -0.4 is 0 Å². The summed E-state index contributed by atoms with van der Waals surface area (Å²) in [6.07, 6.45) is 25.5. The van der Waals surface area contributed by atoms with Gasteiger partial charge in [0.1, 0.15) is 0 Å². The molecule has 2 heterocycles. The molecule has 0 radical (unpaired) electrons. The second kappa shape index (κ2) is 39.1. The summed E-state index contributed by atoms with van der Waals surface area (Å²) in [5, 5.41) is 17.8. The van der Waals surface area contributed by atoms with Crippen molar-refractivity contribution < 1.29 is 52.3 Å². The molecule has 2 aliphatic carbocycles. The average Bonchev–Trinajstić information content (AvgIpc) is 3.64. The fourth-order valence-electron chi connectivity index (χ4n) is 4.79. The fraction of sp³-hybridized carbons (Fsp3) is 0.765. The predicted molar refractivity (Wildman–Crippen MR) is 187 cm³/mol. The van der Waals surface area contributed by atoms with Gasteiger partial charge in [0.05, 0.1) is 13.2 Å². The summed E-state index contributed by atoms with van der Waals surface area (Å²) < 4.78 is 0. The van der Waals surface area contributed by atoms with Crippen molar-refractivity contribution in [2.24, 2.45) is 0 Å².